The number of methoxy groups -OCH3 is 1. The van der Waals surface area contributed by atoms with Gasteiger partial charge in [0.25, 0.3) is 0 Å². The highest BCUT2D eigenvalue weighted by Crippen LogP contribution is 2.56. The van der Waals surface area contributed by atoms with Crippen LogP contribution in [0.4, 0.5) is 5.69 Å². The molecule has 30 heavy (non-hydrogen) atoms. The molecule has 1 spiro atoms. The molecular weight excluding hydrogens is 444 g/mol. The van der Waals surface area contributed by atoms with Gasteiger partial charge >= 0.3 is 0 Å². The molecule has 1 saturated carbocycles. The summed E-state index contributed by atoms with van der Waals surface area (Å²) in [4.78, 5) is 29.9. The number of ketones is 1. The second-order valence-electron chi connectivity index (χ2n) is 8.17. The van der Waals surface area contributed by atoms with Gasteiger partial charge in [-0.05, 0) is 64.2 Å². The second-order valence-corrected chi connectivity index (χ2v) is 9.03. The number of benzene rings is 2. The Morgan fingerprint density at radius 2 is 1.93 bits per heavy atom. The van der Waals surface area contributed by atoms with E-state index in [1.54, 1.807) is 19.4 Å². The average Bonchev–Trinajstić information content (AvgIpc) is 2.95. The SMILES string of the molecule is COc1ccc(CN2C(=O)C3(CCC3)c3cc(C(=O)C=CN(C)C)cc(Br)c32)cc1. The number of carbonyl (C=O) groups excluding carboxylic acids is 2. The Balaban J connectivity index is 1.73. The molecule has 0 unspecified atom stereocenters. The minimum Gasteiger partial charge on any atom is -0.497 e. The zero-order valence-electron chi connectivity index (χ0n) is 17.4. The van der Waals surface area contributed by atoms with E-state index in [2.05, 4.69) is 15.9 Å². The van der Waals surface area contributed by atoms with Crippen molar-refractivity contribution in [3.8, 4) is 5.75 Å². The highest BCUT2D eigenvalue weighted by atomic mass is 79.9. The third-order valence-corrected chi connectivity index (χ3v) is 6.62. The molecule has 2 aromatic carbocycles. The minimum absolute atomic E-state index is 0.0669. The summed E-state index contributed by atoms with van der Waals surface area (Å²) in [7, 11) is 5.39. The topological polar surface area (TPSA) is 49.9 Å². The molecule has 1 amide bonds. The molecule has 0 aromatic heterocycles. The maximum atomic E-state index is 13.5. The maximum absolute atomic E-state index is 13.5. The number of carbonyl (C=O) groups is 2. The maximum Gasteiger partial charge on any atom is 0.238 e. The zero-order valence-corrected chi connectivity index (χ0v) is 19.0. The summed E-state index contributed by atoms with van der Waals surface area (Å²) >= 11 is 3.65. The van der Waals surface area contributed by atoms with Gasteiger partial charge in [0.2, 0.25) is 5.91 Å². The lowest BCUT2D eigenvalue weighted by Gasteiger charge is -2.37. The van der Waals surface area contributed by atoms with Gasteiger partial charge in [0.1, 0.15) is 5.75 Å². The Morgan fingerprint density at radius 1 is 1.23 bits per heavy atom. The Morgan fingerprint density at radius 3 is 2.50 bits per heavy atom. The van der Waals surface area contributed by atoms with Crippen LogP contribution in [0.15, 0.2) is 53.1 Å². The smallest absolute Gasteiger partial charge is 0.238 e. The second kappa shape index (κ2) is 7.91. The van der Waals surface area contributed by atoms with Crippen LogP contribution < -0.4 is 9.64 Å². The van der Waals surface area contributed by atoms with Gasteiger partial charge < -0.3 is 14.5 Å². The monoisotopic (exact) mass is 468 g/mol. The van der Waals surface area contributed by atoms with Gasteiger partial charge in [-0.1, -0.05) is 18.6 Å². The van der Waals surface area contributed by atoms with Gasteiger partial charge in [0.05, 0.1) is 24.8 Å². The molecule has 0 saturated heterocycles. The summed E-state index contributed by atoms with van der Waals surface area (Å²) in [5, 5.41) is 0. The van der Waals surface area contributed by atoms with Gasteiger partial charge in [-0.25, -0.2) is 0 Å². The summed E-state index contributed by atoms with van der Waals surface area (Å²) < 4.78 is 6.02. The summed E-state index contributed by atoms with van der Waals surface area (Å²) in [6, 6.07) is 11.5. The first kappa shape index (κ1) is 20.7. The fourth-order valence-electron chi connectivity index (χ4n) is 4.25. The largest absolute Gasteiger partial charge is 0.497 e. The highest BCUT2D eigenvalue weighted by Gasteiger charge is 2.55. The average molecular weight is 469 g/mol. The number of hydrogen-bond acceptors (Lipinski definition) is 4. The van der Waals surface area contributed by atoms with Crippen molar-refractivity contribution in [3.05, 3.63) is 69.8 Å². The number of allylic oxidation sites excluding steroid dienone is 1. The number of hydrogen-bond donors (Lipinski definition) is 0. The zero-order chi connectivity index (χ0) is 21.5. The summed E-state index contributed by atoms with van der Waals surface area (Å²) in [6.07, 6.45) is 5.99. The summed E-state index contributed by atoms with van der Waals surface area (Å²) in [5.74, 6) is 0.855. The summed E-state index contributed by atoms with van der Waals surface area (Å²) in [6.45, 7) is 0.490. The van der Waals surface area contributed by atoms with Crippen LogP contribution in [0.3, 0.4) is 0 Å². The molecule has 2 aromatic rings. The van der Waals surface area contributed by atoms with Crippen LogP contribution in [0.1, 0.15) is 40.7 Å². The van der Waals surface area contributed by atoms with E-state index in [1.807, 2.05) is 60.3 Å². The van der Waals surface area contributed by atoms with Gasteiger partial charge in [0, 0.05) is 36.4 Å². The van der Waals surface area contributed by atoms with Crippen molar-refractivity contribution < 1.29 is 14.3 Å². The van der Waals surface area contributed by atoms with Crippen LogP contribution in [0.25, 0.3) is 0 Å². The molecule has 0 radical (unpaired) electrons. The third-order valence-electron chi connectivity index (χ3n) is 6.02. The highest BCUT2D eigenvalue weighted by molar-refractivity contribution is 9.10. The lowest BCUT2D eigenvalue weighted by atomic mass is 9.65. The number of amides is 1. The first-order chi connectivity index (χ1) is 14.4. The number of halogens is 1. The quantitative estimate of drug-likeness (QED) is 0.455. The molecule has 0 bridgehead atoms. The molecule has 0 N–H and O–H groups in total. The molecule has 1 heterocycles. The summed E-state index contributed by atoms with van der Waals surface area (Å²) in [5.41, 5.74) is 3.01. The molecular formula is C24H25BrN2O3. The molecule has 1 aliphatic heterocycles. The van der Waals surface area contributed by atoms with E-state index in [0.717, 1.165) is 46.3 Å². The molecule has 1 aliphatic carbocycles. The standard InChI is InChI=1S/C24H25BrN2O3/c1-26(2)12-9-21(28)17-13-19-22(20(25)14-17)27(23(29)24(19)10-4-11-24)15-16-5-7-18(30-3)8-6-16/h5-9,12-14H,4,10-11,15H2,1-3H3. The van der Waals surface area contributed by atoms with Crippen molar-refractivity contribution in [2.24, 2.45) is 0 Å². The van der Waals surface area contributed by atoms with Crippen LogP contribution in [0.5, 0.6) is 5.75 Å². The Labute approximate surface area is 185 Å². The first-order valence-electron chi connectivity index (χ1n) is 10.0. The van der Waals surface area contributed by atoms with Crippen molar-refractivity contribution in [1.29, 1.82) is 0 Å². The van der Waals surface area contributed by atoms with Crippen LogP contribution >= 0.6 is 15.9 Å². The van der Waals surface area contributed by atoms with Crippen molar-refractivity contribution in [2.75, 3.05) is 26.1 Å². The van der Waals surface area contributed by atoms with E-state index in [0.29, 0.717) is 12.1 Å². The van der Waals surface area contributed by atoms with E-state index in [1.165, 1.54) is 0 Å². The lowest BCUT2D eigenvalue weighted by molar-refractivity contribution is -0.126. The van der Waals surface area contributed by atoms with Gasteiger partial charge in [-0.3, -0.25) is 9.59 Å². The van der Waals surface area contributed by atoms with Crippen LogP contribution in [0.2, 0.25) is 0 Å². The number of anilines is 1. The van der Waals surface area contributed by atoms with E-state index in [9.17, 15) is 9.59 Å². The molecule has 1 fully saturated rings. The molecule has 2 aliphatic rings. The van der Waals surface area contributed by atoms with Gasteiger partial charge in [-0.2, -0.15) is 0 Å². The van der Waals surface area contributed by atoms with E-state index in [-0.39, 0.29) is 11.7 Å². The number of nitrogens with zero attached hydrogens (tertiary/aromatic N) is 2. The number of fused-ring (bicyclic) bond motifs is 2. The number of rotatable bonds is 6. The Kier molecular flexibility index (Phi) is 5.45. The van der Waals surface area contributed by atoms with Crippen molar-refractivity contribution in [2.45, 2.75) is 31.2 Å². The van der Waals surface area contributed by atoms with Crippen molar-refractivity contribution in [1.82, 2.24) is 4.90 Å². The van der Waals surface area contributed by atoms with Crippen LogP contribution in [0, 0.1) is 0 Å². The minimum atomic E-state index is -0.494. The van der Waals surface area contributed by atoms with Crippen LogP contribution in [-0.2, 0) is 16.8 Å². The Bertz CT molecular complexity index is 1020. The molecule has 6 heteroatoms. The Hall–Kier alpha value is -2.60. The predicted octanol–water partition coefficient (Wildman–Crippen LogP) is 4.68. The fourth-order valence-corrected chi connectivity index (χ4v) is 4.92. The fraction of sp³-hybridized carbons (Fsp3) is 0.333. The van der Waals surface area contributed by atoms with Gasteiger partial charge in [0.15, 0.2) is 5.78 Å². The molecule has 4 rings (SSSR count). The van der Waals surface area contributed by atoms with E-state index >= 15 is 0 Å². The normalized spacial score (nSPS) is 16.7. The van der Waals surface area contributed by atoms with E-state index in [4.69, 9.17) is 4.74 Å². The predicted molar refractivity (Wildman–Crippen MR) is 121 cm³/mol. The van der Waals surface area contributed by atoms with Crippen molar-refractivity contribution >= 4 is 33.3 Å². The van der Waals surface area contributed by atoms with E-state index < -0.39 is 5.41 Å². The lowest BCUT2D eigenvalue weighted by Crippen LogP contribution is -2.44. The molecule has 0 atom stereocenters. The first-order valence-corrected chi connectivity index (χ1v) is 10.8. The molecule has 156 valence electrons. The van der Waals surface area contributed by atoms with Gasteiger partial charge in [-0.15, -0.1) is 0 Å². The molecule has 5 nitrogen and oxygen atoms in total. The third kappa shape index (κ3) is 3.43. The van der Waals surface area contributed by atoms with Crippen molar-refractivity contribution in [3.63, 3.8) is 0 Å². The number of ether oxygens (including phenoxy) is 1. The van der Waals surface area contributed by atoms with Crippen LogP contribution in [-0.4, -0.2) is 37.8 Å².